The van der Waals surface area contributed by atoms with Crippen molar-refractivity contribution >= 4 is 22.7 Å². The first-order chi connectivity index (χ1) is 8.10. The van der Waals surface area contributed by atoms with E-state index >= 15 is 0 Å². The van der Waals surface area contributed by atoms with Crippen LogP contribution in [-0.4, -0.2) is 16.9 Å². The zero-order valence-electron chi connectivity index (χ0n) is 9.86. The van der Waals surface area contributed by atoms with Crippen LogP contribution in [-0.2, 0) is 11.2 Å². The summed E-state index contributed by atoms with van der Waals surface area (Å²) in [4.78, 5) is 15.7. The van der Waals surface area contributed by atoms with Crippen molar-refractivity contribution in [1.29, 1.82) is 0 Å². The monoisotopic (exact) mass is 233 g/mol. The molecule has 3 N–H and O–H groups in total. The number of nitrogens with two attached hydrogens (primary N) is 1. The molecule has 17 heavy (non-hydrogen) atoms. The van der Waals surface area contributed by atoms with Crippen molar-refractivity contribution in [1.82, 2.24) is 4.98 Å². The fourth-order valence-corrected chi connectivity index (χ4v) is 1.46. The van der Waals surface area contributed by atoms with Crippen LogP contribution in [0.5, 0.6) is 0 Å². The summed E-state index contributed by atoms with van der Waals surface area (Å²) in [5.74, 6) is 0.472. The normalized spacial score (nSPS) is 12.6. The van der Waals surface area contributed by atoms with Crippen LogP contribution in [0.3, 0.4) is 0 Å². The maximum Gasteiger partial charge on any atom is 0.240 e. The fraction of sp³-hybridized carbons (Fsp3) is 0.333. The average molecular weight is 233 g/mol. The van der Waals surface area contributed by atoms with Crippen molar-refractivity contribution in [3.05, 3.63) is 24.1 Å². The van der Waals surface area contributed by atoms with Crippen molar-refractivity contribution in [3.63, 3.8) is 0 Å². The third-order valence-electron chi connectivity index (χ3n) is 2.42. The van der Waals surface area contributed by atoms with Crippen LogP contribution >= 0.6 is 0 Å². The van der Waals surface area contributed by atoms with Gasteiger partial charge in [0.15, 0.2) is 11.5 Å². The molecule has 1 aromatic heterocycles. The lowest BCUT2D eigenvalue weighted by molar-refractivity contribution is -0.117. The Morgan fingerprint density at radius 1 is 1.59 bits per heavy atom. The van der Waals surface area contributed by atoms with Crippen LogP contribution < -0.4 is 11.1 Å². The minimum absolute atomic E-state index is 0.219. The molecule has 5 heteroatoms. The topological polar surface area (TPSA) is 81.2 Å². The highest BCUT2D eigenvalue weighted by atomic mass is 16.3. The van der Waals surface area contributed by atoms with Gasteiger partial charge in [-0.1, -0.05) is 6.92 Å². The maximum absolute atomic E-state index is 11.4. The molecule has 1 atom stereocenters. The van der Waals surface area contributed by atoms with Crippen molar-refractivity contribution in [2.45, 2.75) is 26.3 Å². The fourth-order valence-electron chi connectivity index (χ4n) is 1.46. The van der Waals surface area contributed by atoms with E-state index in [0.29, 0.717) is 11.6 Å². The van der Waals surface area contributed by atoms with E-state index in [2.05, 4.69) is 10.3 Å². The summed E-state index contributed by atoms with van der Waals surface area (Å²) in [6, 6.07) is 4.80. The second-order valence-electron chi connectivity index (χ2n) is 3.92. The molecule has 1 aromatic carbocycles. The number of nitrogens with zero attached hydrogens (tertiary/aromatic N) is 1. The number of rotatable bonds is 3. The van der Waals surface area contributed by atoms with Gasteiger partial charge >= 0.3 is 0 Å². The highest BCUT2D eigenvalue weighted by molar-refractivity contribution is 5.95. The Kier molecular flexibility index (Phi) is 3.10. The number of oxazole rings is 1. The Bertz CT molecular complexity index is 546. The summed E-state index contributed by atoms with van der Waals surface area (Å²) >= 11 is 0. The van der Waals surface area contributed by atoms with E-state index < -0.39 is 6.04 Å². The first-order valence-corrected chi connectivity index (χ1v) is 5.56. The largest absolute Gasteiger partial charge is 0.441 e. The van der Waals surface area contributed by atoms with Crippen molar-refractivity contribution in [3.8, 4) is 0 Å². The number of amides is 1. The van der Waals surface area contributed by atoms with Crippen LogP contribution in [0, 0.1) is 0 Å². The Morgan fingerprint density at radius 3 is 3.00 bits per heavy atom. The zero-order valence-corrected chi connectivity index (χ0v) is 9.86. The maximum atomic E-state index is 11.4. The smallest absolute Gasteiger partial charge is 0.240 e. The number of fused-ring (bicyclic) bond motifs is 1. The van der Waals surface area contributed by atoms with Gasteiger partial charge in [-0.15, -0.1) is 0 Å². The molecule has 90 valence electrons. The third kappa shape index (κ3) is 2.45. The molecule has 0 unspecified atom stereocenters. The van der Waals surface area contributed by atoms with Gasteiger partial charge in [0.25, 0.3) is 0 Å². The van der Waals surface area contributed by atoms with Gasteiger partial charge in [-0.25, -0.2) is 4.98 Å². The lowest BCUT2D eigenvalue weighted by Crippen LogP contribution is -2.32. The number of aryl methyl sites for hydroxylation is 1. The Balaban J connectivity index is 2.28. The van der Waals surface area contributed by atoms with Gasteiger partial charge in [-0.3, -0.25) is 4.79 Å². The van der Waals surface area contributed by atoms with Crippen LogP contribution in [0.1, 0.15) is 19.7 Å². The number of nitrogens with one attached hydrogen (secondary N) is 1. The summed E-state index contributed by atoms with van der Waals surface area (Å²) in [5, 5.41) is 2.72. The zero-order chi connectivity index (χ0) is 12.4. The average Bonchev–Trinajstić information content (AvgIpc) is 2.70. The van der Waals surface area contributed by atoms with Gasteiger partial charge in [0.05, 0.1) is 6.04 Å². The van der Waals surface area contributed by atoms with E-state index in [9.17, 15) is 4.79 Å². The molecule has 0 aliphatic carbocycles. The van der Waals surface area contributed by atoms with Crippen LogP contribution in [0.15, 0.2) is 22.6 Å². The number of aromatic nitrogens is 1. The minimum atomic E-state index is -0.533. The molecule has 0 fully saturated rings. The number of carbonyl (C=O) groups excluding carboxylic acids is 1. The second kappa shape index (κ2) is 4.55. The van der Waals surface area contributed by atoms with Gasteiger partial charge < -0.3 is 15.5 Å². The van der Waals surface area contributed by atoms with Crippen LogP contribution in [0.4, 0.5) is 5.69 Å². The van der Waals surface area contributed by atoms with E-state index in [0.717, 1.165) is 17.5 Å². The molecule has 0 saturated heterocycles. The quantitative estimate of drug-likeness (QED) is 0.845. The summed E-state index contributed by atoms with van der Waals surface area (Å²) in [5.41, 5.74) is 7.62. The van der Waals surface area contributed by atoms with Crippen LogP contribution in [0.2, 0.25) is 0 Å². The predicted octanol–water partition coefficient (Wildman–Crippen LogP) is 1.68. The van der Waals surface area contributed by atoms with Gasteiger partial charge in [0.2, 0.25) is 5.91 Å². The predicted molar refractivity (Wildman–Crippen MR) is 65.7 cm³/mol. The molecule has 1 amide bonds. The lowest BCUT2D eigenvalue weighted by Gasteiger charge is -2.06. The van der Waals surface area contributed by atoms with Gasteiger partial charge in [0, 0.05) is 12.1 Å². The molecule has 0 bridgehead atoms. The molecule has 0 saturated carbocycles. The summed E-state index contributed by atoms with van der Waals surface area (Å²) in [6.07, 6.45) is 0.746. The Hall–Kier alpha value is -1.88. The molecule has 1 heterocycles. The van der Waals surface area contributed by atoms with Gasteiger partial charge in [-0.05, 0) is 25.1 Å². The number of carbonyl (C=O) groups is 1. The first kappa shape index (κ1) is 11.6. The molecule has 2 aromatic rings. The molecule has 0 aliphatic heterocycles. The highest BCUT2D eigenvalue weighted by Gasteiger charge is 2.09. The SMILES string of the molecule is CCc1nc2cc(NC(=O)[C@H](C)N)ccc2o1. The molecular formula is C12H15N3O2. The molecule has 5 nitrogen and oxygen atoms in total. The van der Waals surface area contributed by atoms with E-state index in [1.165, 1.54) is 0 Å². The van der Waals surface area contributed by atoms with Gasteiger partial charge in [-0.2, -0.15) is 0 Å². The lowest BCUT2D eigenvalue weighted by atomic mass is 10.2. The van der Waals surface area contributed by atoms with Crippen molar-refractivity contribution in [2.24, 2.45) is 5.73 Å². The standard InChI is InChI=1S/C12H15N3O2/c1-3-11-15-9-6-8(4-5-10(9)17-11)14-12(16)7(2)13/h4-7H,3,13H2,1-2H3,(H,14,16)/t7-/m0/s1. The molecular weight excluding hydrogens is 218 g/mol. The number of hydrogen-bond donors (Lipinski definition) is 2. The number of anilines is 1. The summed E-state index contributed by atoms with van der Waals surface area (Å²) in [6.45, 7) is 3.61. The Morgan fingerprint density at radius 2 is 2.35 bits per heavy atom. The third-order valence-corrected chi connectivity index (χ3v) is 2.42. The highest BCUT2D eigenvalue weighted by Crippen LogP contribution is 2.20. The Labute approximate surface area is 99.0 Å². The molecule has 0 aliphatic rings. The van der Waals surface area contributed by atoms with Crippen molar-refractivity contribution < 1.29 is 9.21 Å². The van der Waals surface area contributed by atoms with Crippen LogP contribution in [0.25, 0.3) is 11.1 Å². The first-order valence-electron chi connectivity index (χ1n) is 5.56. The second-order valence-corrected chi connectivity index (χ2v) is 3.92. The van der Waals surface area contributed by atoms with E-state index in [-0.39, 0.29) is 5.91 Å². The number of benzene rings is 1. The molecule has 2 rings (SSSR count). The van der Waals surface area contributed by atoms with Crippen molar-refractivity contribution in [2.75, 3.05) is 5.32 Å². The summed E-state index contributed by atoms with van der Waals surface area (Å²) in [7, 11) is 0. The molecule has 0 spiro atoms. The minimum Gasteiger partial charge on any atom is -0.441 e. The van der Waals surface area contributed by atoms with E-state index in [1.807, 2.05) is 6.92 Å². The molecule has 0 radical (unpaired) electrons. The van der Waals surface area contributed by atoms with E-state index in [1.54, 1.807) is 25.1 Å². The number of hydrogen-bond acceptors (Lipinski definition) is 4. The summed E-state index contributed by atoms with van der Waals surface area (Å²) < 4.78 is 5.48. The van der Waals surface area contributed by atoms with E-state index in [4.69, 9.17) is 10.2 Å². The van der Waals surface area contributed by atoms with Gasteiger partial charge in [0.1, 0.15) is 5.52 Å².